The minimum absolute atomic E-state index is 0.290. The second kappa shape index (κ2) is 5.55. The third kappa shape index (κ3) is 2.72. The second-order valence-electron chi connectivity index (χ2n) is 5.74. The van der Waals surface area contributed by atoms with Crippen LogP contribution in [-0.4, -0.2) is 25.8 Å². The van der Waals surface area contributed by atoms with E-state index in [-0.39, 0.29) is 0 Å². The smallest absolute Gasteiger partial charge is 0.207 e. The average molecular weight is 292 g/mol. The fraction of sp³-hybridized carbons (Fsp3) is 0.533. The number of hydrogen-bond donors (Lipinski definition) is 0. The van der Waals surface area contributed by atoms with Gasteiger partial charge >= 0.3 is 0 Å². The highest BCUT2D eigenvalue weighted by Gasteiger charge is 2.33. The molecule has 1 aliphatic heterocycles. The Morgan fingerprint density at radius 3 is 2.60 bits per heavy atom. The van der Waals surface area contributed by atoms with Gasteiger partial charge in [0.15, 0.2) is 0 Å². The summed E-state index contributed by atoms with van der Waals surface area (Å²) in [5.74, 6) is 0.933. The molecule has 1 atom stereocenters. The van der Waals surface area contributed by atoms with Crippen LogP contribution in [0.1, 0.15) is 31.4 Å². The molecule has 0 N–H and O–H groups in total. The van der Waals surface area contributed by atoms with Gasteiger partial charge in [0.2, 0.25) is 10.0 Å². The molecule has 1 aromatic rings. The molecule has 1 saturated heterocycles. The van der Waals surface area contributed by atoms with Gasteiger partial charge in [0, 0.05) is 13.1 Å². The molecule has 0 aromatic heterocycles. The summed E-state index contributed by atoms with van der Waals surface area (Å²) < 4.78 is 26.8. The van der Waals surface area contributed by atoms with Crippen LogP contribution >= 0.6 is 0 Å². The number of nitrogens with zero attached hydrogens (tertiary/aromatic N) is 2. The first kappa shape index (κ1) is 15.0. The summed E-state index contributed by atoms with van der Waals surface area (Å²) in [6, 6.07) is 6.76. The zero-order valence-electron chi connectivity index (χ0n) is 12.1. The Labute approximate surface area is 121 Å². The van der Waals surface area contributed by atoms with Gasteiger partial charge in [0.1, 0.15) is 0 Å². The molecule has 0 amide bonds. The number of sulfonamides is 1. The van der Waals surface area contributed by atoms with Crippen molar-refractivity contribution in [1.29, 1.82) is 5.26 Å². The van der Waals surface area contributed by atoms with Gasteiger partial charge in [-0.15, -0.1) is 0 Å². The van der Waals surface area contributed by atoms with Crippen LogP contribution in [-0.2, 0) is 10.0 Å². The maximum absolute atomic E-state index is 12.6. The zero-order valence-corrected chi connectivity index (χ0v) is 12.9. The van der Waals surface area contributed by atoms with E-state index in [1.807, 2.05) is 0 Å². The van der Waals surface area contributed by atoms with E-state index < -0.39 is 10.0 Å². The van der Waals surface area contributed by atoms with Crippen molar-refractivity contribution in [3.8, 4) is 6.07 Å². The molecule has 0 spiro atoms. The number of aryl methyl sites for hydroxylation is 1. The molecule has 0 bridgehead atoms. The Kier molecular flexibility index (Phi) is 4.17. The van der Waals surface area contributed by atoms with Crippen molar-refractivity contribution < 1.29 is 8.42 Å². The van der Waals surface area contributed by atoms with Crippen LogP contribution in [0.4, 0.5) is 0 Å². The molecule has 0 radical (unpaired) electrons. The van der Waals surface area contributed by atoms with Crippen LogP contribution in [0.2, 0.25) is 0 Å². The first-order valence-electron chi connectivity index (χ1n) is 6.87. The summed E-state index contributed by atoms with van der Waals surface area (Å²) in [6.07, 6.45) is 0.923. The Hall–Kier alpha value is -1.38. The molecule has 1 heterocycles. The van der Waals surface area contributed by atoms with Crippen molar-refractivity contribution in [3.05, 3.63) is 29.3 Å². The maximum atomic E-state index is 12.6. The highest BCUT2D eigenvalue weighted by Crippen LogP contribution is 2.29. The Morgan fingerprint density at radius 2 is 2.10 bits per heavy atom. The molecule has 1 unspecified atom stereocenters. The third-order valence-electron chi connectivity index (χ3n) is 4.09. The van der Waals surface area contributed by atoms with E-state index in [9.17, 15) is 8.42 Å². The SMILES string of the molecule is Cc1cc(S(=O)(=O)N2CCC(C(C)C)C2)ccc1C#N. The lowest BCUT2D eigenvalue weighted by atomic mass is 9.96. The van der Waals surface area contributed by atoms with E-state index in [0.717, 1.165) is 6.42 Å². The maximum Gasteiger partial charge on any atom is 0.243 e. The lowest BCUT2D eigenvalue weighted by molar-refractivity contribution is 0.388. The number of hydrogen-bond acceptors (Lipinski definition) is 3. The van der Waals surface area contributed by atoms with E-state index >= 15 is 0 Å². The van der Waals surface area contributed by atoms with E-state index in [2.05, 4.69) is 19.9 Å². The zero-order chi connectivity index (χ0) is 14.9. The quantitative estimate of drug-likeness (QED) is 0.860. The molecule has 108 valence electrons. The molecule has 4 nitrogen and oxygen atoms in total. The van der Waals surface area contributed by atoms with E-state index in [4.69, 9.17) is 5.26 Å². The molecular weight excluding hydrogens is 272 g/mol. The monoisotopic (exact) mass is 292 g/mol. The van der Waals surface area contributed by atoms with Crippen molar-refractivity contribution in [2.45, 2.75) is 32.1 Å². The van der Waals surface area contributed by atoms with Crippen molar-refractivity contribution in [2.24, 2.45) is 11.8 Å². The summed E-state index contributed by atoms with van der Waals surface area (Å²) in [7, 11) is -3.43. The number of benzene rings is 1. The summed E-state index contributed by atoms with van der Waals surface area (Å²) in [5.41, 5.74) is 1.22. The lowest BCUT2D eigenvalue weighted by Gasteiger charge is -2.18. The van der Waals surface area contributed by atoms with Crippen LogP contribution in [0.5, 0.6) is 0 Å². The Bertz CT molecular complexity index is 644. The molecule has 1 aliphatic rings. The summed E-state index contributed by atoms with van der Waals surface area (Å²) in [4.78, 5) is 0.290. The van der Waals surface area contributed by atoms with E-state index in [1.54, 1.807) is 23.4 Å². The minimum Gasteiger partial charge on any atom is -0.207 e. The molecule has 5 heteroatoms. The highest BCUT2D eigenvalue weighted by atomic mass is 32.2. The fourth-order valence-corrected chi connectivity index (χ4v) is 4.18. The first-order valence-corrected chi connectivity index (χ1v) is 8.31. The predicted molar refractivity (Wildman–Crippen MR) is 77.6 cm³/mol. The van der Waals surface area contributed by atoms with Gasteiger partial charge < -0.3 is 0 Å². The topological polar surface area (TPSA) is 61.2 Å². The van der Waals surface area contributed by atoms with Gasteiger partial charge in [0.05, 0.1) is 16.5 Å². The second-order valence-corrected chi connectivity index (χ2v) is 7.68. The highest BCUT2D eigenvalue weighted by molar-refractivity contribution is 7.89. The van der Waals surface area contributed by atoms with Crippen molar-refractivity contribution in [1.82, 2.24) is 4.31 Å². The van der Waals surface area contributed by atoms with Crippen molar-refractivity contribution >= 4 is 10.0 Å². The molecular formula is C15H20N2O2S. The Balaban J connectivity index is 2.28. The van der Waals surface area contributed by atoms with Gasteiger partial charge in [-0.3, -0.25) is 0 Å². The van der Waals surface area contributed by atoms with Gasteiger partial charge in [0.25, 0.3) is 0 Å². The fourth-order valence-electron chi connectivity index (χ4n) is 2.59. The van der Waals surface area contributed by atoms with Gasteiger partial charge in [-0.2, -0.15) is 9.57 Å². The molecule has 1 fully saturated rings. The first-order chi connectivity index (χ1) is 9.36. The van der Waals surface area contributed by atoms with Crippen LogP contribution < -0.4 is 0 Å². The largest absolute Gasteiger partial charge is 0.243 e. The standard InChI is InChI=1S/C15H20N2O2S/c1-11(2)14-6-7-17(10-14)20(18,19)15-5-4-13(9-16)12(3)8-15/h4-5,8,11,14H,6-7,10H2,1-3H3. The van der Waals surface area contributed by atoms with Crippen LogP contribution in [0.15, 0.2) is 23.1 Å². The predicted octanol–water partition coefficient (Wildman–Crippen LogP) is 2.53. The van der Waals surface area contributed by atoms with E-state index in [1.165, 1.54) is 6.07 Å². The molecule has 20 heavy (non-hydrogen) atoms. The van der Waals surface area contributed by atoms with Gasteiger partial charge in [-0.05, 0) is 48.9 Å². The van der Waals surface area contributed by atoms with Crippen molar-refractivity contribution in [3.63, 3.8) is 0 Å². The summed E-state index contributed by atoms with van der Waals surface area (Å²) in [6.45, 7) is 7.21. The molecule has 2 rings (SSSR count). The normalized spacial score (nSPS) is 20.2. The summed E-state index contributed by atoms with van der Waals surface area (Å²) in [5, 5.41) is 8.91. The third-order valence-corrected chi connectivity index (χ3v) is 5.95. The molecule has 0 aliphatic carbocycles. The van der Waals surface area contributed by atoms with E-state index in [0.29, 0.717) is 40.9 Å². The van der Waals surface area contributed by atoms with Gasteiger partial charge in [-0.1, -0.05) is 13.8 Å². The van der Waals surface area contributed by atoms with Gasteiger partial charge in [-0.25, -0.2) is 8.42 Å². The molecule has 1 aromatic carbocycles. The minimum atomic E-state index is -3.43. The van der Waals surface area contributed by atoms with Crippen LogP contribution in [0, 0.1) is 30.1 Å². The average Bonchev–Trinajstić information content (AvgIpc) is 2.89. The van der Waals surface area contributed by atoms with Crippen molar-refractivity contribution in [2.75, 3.05) is 13.1 Å². The van der Waals surface area contributed by atoms with Crippen LogP contribution in [0.3, 0.4) is 0 Å². The number of nitriles is 1. The lowest BCUT2D eigenvalue weighted by Crippen LogP contribution is -2.29. The molecule has 0 saturated carbocycles. The van der Waals surface area contributed by atoms with Crippen LogP contribution in [0.25, 0.3) is 0 Å². The Morgan fingerprint density at radius 1 is 1.40 bits per heavy atom. The number of rotatable bonds is 3. The summed E-state index contributed by atoms with van der Waals surface area (Å²) >= 11 is 0.